The van der Waals surface area contributed by atoms with Gasteiger partial charge in [-0.05, 0) is 0 Å². The first-order valence-electron chi connectivity index (χ1n) is 10.0. The van der Waals surface area contributed by atoms with Crippen LogP contribution >= 0.6 is 6.83 Å². The Morgan fingerprint density at radius 1 is 0.760 bits per heavy atom. The molecule has 0 aromatic rings. The maximum atomic E-state index is 12.5. The SMILES string of the molecule is CCCCP(CCCC)(CCCC)(CCCC)OC(=O)/C=C\C(=O)O. The van der Waals surface area contributed by atoms with Gasteiger partial charge in [-0.3, -0.25) is 0 Å². The Kier molecular flexibility index (Phi) is 12.0. The molecular weight excluding hydrogens is 335 g/mol. The number of hydrogen-bond acceptors (Lipinski definition) is 3. The molecule has 0 radical (unpaired) electrons. The molecule has 0 amide bonds. The summed E-state index contributed by atoms with van der Waals surface area (Å²) in [6.07, 6.45) is 14.6. The van der Waals surface area contributed by atoms with Crippen molar-refractivity contribution in [2.24, 2.45) is 0 Å². The van der Waals surface area contributed by atoms with Crippen LogP contribution in [0.1, 0.15) is 79.1 Å². The normalized spacial score (nSPS) is 13.5. The Bertz CT molecular complexity index is 388. The first-order valence-corrected chi connectivity index (χ1v) is 12.9. The minimum absolute atomic E-state index is 0.459. The molecule has 0 fully saturated rings. The van der Waals surface area contributed by atoms with Crippen LogP contribution in [-0.4, -0.2) is 41.7 Å². The first kappa shape index (κ1) is 24.1. The van der Waals surface area contributed by atoms with Gasteiger partial charge >= 0.3 is 154 Å². The molecule has 0 aliphatic heterocycles. The van der Waals surface area contributed by atoms with E-state index in [4.69, 9.17) is 9.63 Å². The number of carbonyl (C=O) groups is 2. The number of aliphatic carboxylic acids is 1. The average molecular weight is 375 g/mol. The molecule has 0 aliphatic carbocycles. The van der Waals surface area contributed by atoms with Crippen molar-refractivity contribution in [3.63, 3.8) is 0 Å². The van der Waals surface area contributed by atoms with Crippen LogP contribution in [0.15, 0.2) is 12.2 Å². The van der Waals surface area contributed by atoms with E-state index in [-0.39, 0.29) is 0 Å². The molecule has 0 rings (SSSR count). The monoisotopic (exact) mass is 374 g/mol. The summed E-state index contributed by atoms with van der Waals surface area (Å²) >= 11 is 0. The van der Waals surface area contributed by atoms with Crippen LogP contribution in [0.4, 0.5) is 0 Å². The number of rotatable bonds is 15. The van der Waals surface area contributed by atoms with Crippen molar-refractivity contribution in [2.75, 3.05) is 24.6 Å². The van der Waals surface area contributed by atoms with Crippen molar-refractivity contribution in [1.82, 2.24) is 0 Å². The second-order valence-corrected chi connectivity index (χ2v) is 12.9. The van der Waals surface area contributed by atoms with E-state index in [0.29, 0.717) is 0 Å². The van der Waals surface area contributed by atoms with Crippen LogP contribution in [-0.2, 0) is 14.1 Å². The zero-order valence-corrected chi connectivity index (χ0v) is 17.7. The van der Waals surface area contributed by atoms with E-state index in [0.717, 1.165) is 88.2 Å². The van der Waals surface area contributed by atoms with Gasteiger partial charge in [-0.25, -0.2) is 0 Å². The van der Waals surface area contributed by atoms with E-state index in [2.05, 4.69) is 27.7 Å². The summed E-state index contributed by atoms with van der Waals surface area (Å²) in [6.45, 7) is 6.06. The first-order chi connectivity index (χ1) is 11.9. The van der Waals surface area contributed by atoms with Gasteiger partial charge in [0.1, 0.15) is 0 Å². The van der Waals surface area contributed by atoms with Gasteiger partial charge in [0.25, 0.3) is 0 Å². The van der Waals surface area contributed by atoms with Gasteiger partial charge in [-0.2, -0.15) is 0 Å². The fourth-order valence-electron chi connectivity index (χ4n) is 3.51. The summed E-state index contributed by atoms with van der Waals surface area (Å²) in [4.78, 5) is 23.2. The third kappa shape index (κ3) is 8.85. The molecule has 0 atom stereocenters. The van der Waals surface area contributed by atoms with Crippen molar-refractivity contribution in [2.45, 2.75) is 79.1 Å². The zero-order valence-electron chi connectivity index (χ0n) is 16.8. The topological polar surface area (TPSA) is 63.6 Å². The fourth-order valence-corrected chi connectivity index (χ4v) is 10.3. The molecule has 148 valence electrons. The Morgan fingerprint density at radius 3 is 1.40 bits per heavy atom. The van der Waals surface area contributed by atoms with Crippen LogP contribution in [0.2, 0.25) is 0 Å². The van der Waals surface area contributed by atoms with Gasteiger partial charge in [0.2, 0.25) is 0 Å². The Hall–Kier alpha value is -0.890. The van der Waals surface area contributed by atoms with Crippen molar-refractivity contribution in [1.29, 1.82) is 0 Å². The summed E-state index contributed by atoms with van der Waals surface area (Å²) in [5, 5.41) is 8.81. The molecule has 0 spiro atoms. The average Bonchev–Trinajstić information content (AvgIpc) is 2.60. The van der Waals surface area contributed by atoms with Crippen molar-refractivity contribution in [3.8, 4) is 0 Å². The molecule has 0 aliphatic rings. The molecular formula is C20H39O4P. The van der Waals surface area contributed by atoms with E-state index in [1.807, 2.05) is 0 Å². The van der Waals surface area contributed by atoms with E-state index < -0.39 is 18.8 Å². The molecule has 0 aromatic carbocycles. The van der Waals surface area contributed by atoms with Crippen LogP contribution in [0.5, 0.6) is 0 Å². The molecule has 1 N–H and O–H groups in total. The summed E-state index contributed by atoms with van der Waals surface area (Å²) in [5.41, 5.74) is 0. The van der Waals surface area contributed by atoms with Crippen LogP contribution in [0.3, 0.4) is 0 Å². The quantitative estimate of drug-likeness (QED) is 0.289. The van der Waals surface area contributed by atoms with Crippen LogP contribution < -0.4 is 0 Å². The van der Waals surface area contributed by atoms with Crippen LogP contribution in [0.25, 0.3) is 0 Å². The molecule has 0 heterocycles. The van der Waals surface area contributed by atoms with E-state index >= 15 is 0 Å². The van der Waals surface area contributed by atoms with Gasteiger partial charge in [-0.15, -0.1) is 0 Å². The van der Waals surface area contributed by atoms with Gasteiger partial charge in [0.15, 0.2) is 0 Å². The molecule has 0 saturated heterocycles. The summed E-state index contributed by atoms with van der Waals surface area (Å²) in [7, 11) is 0. The third-order valence-electron chi connectivity index (χ3n) is 5.02. The number of carboxylic acids is 1. The standard InChI is InChI=1S/C20H39O4P/c1-5-9-15-25(16-10-6-2,17-11-7-3,18-12-8-4)24-20(23)14-13-19(21)22/h13-14H,5-12,15-18H2,1-4H3,(H,21,22)/b14-13-. The summed E-state index contributed by atoms with van der Waals surface area (Å²) in [5.74, 6) is -1.57. The summed E-state index contributed by atoms with van der Waals surface area (Å²) in [6, 6.07) is 0. The number of unbranched alkanes of at least 4 members (excludes halogenated alkanes) is 4. The molecule has 0 unspecified atom stereocenters. The van der Waals surface area contributed by atoms with Gasteiger partial charge in [-0.1, -0.05) is 0 Å². The fraction of sp³-hybridized carbons (Fsp3) is 0.800. The third-order valence-corrected chi connectivity index (χ3v) is 11.5. The Balaban J connectivity index is 5.79. The number of carbonyl (C=O) groups excluding carboxylic acids is 1. The van der Waals surface area contributed by atoms with Crippen molar-refractivity contribution >= 4 is 18.8 Å². The van der Waals surface area contributed by atoms with Crippen molar-refractivity contribution < 1.29 is 19.2 Å². The predicted octanol–water partition coefficient (Wildman–Crippen LogP) is 5.84. The molecule has 4 nitrogen and oxygen atoms in total. The van der Waals surface area contributed by atoms with E-state index in [1.165, 1.54) is 0 Å². The number of carboxylic acid groups (broad SMARTS) is 1. The van der Waals surface area contributed by atoms with Crippen LogP contribution in [0, 0.1) is 0 Å². The van der Waals surface area contributed by atoms with E-state index in [1.54, 1.807) is 0 Å². The summed E-state index contributed by atoms with van der Waals surface area (Å²) < 4.78 is 6.33. The molecule has 25 heavy (non-hydrogen) atoms. The van der Waals surface area contributed by atoms with Gasteiger partial charge in [0, 0.05) is 0 Å². The van der Waals surface area contributed by atoms with E-state index in [9.17, 15) is 9.59 Å². The molecule has 0 aromatic heterocycles. The zero-order chi connectivity index (χ0) is 19.2. The Labute approximate surface area is 154 Å². The Morgan fingerprint density at radius 2 is 1.12 bits per heavy atom. The molecule has 0 bridgehead atoms. The van der Waals surface area contributed by atoms with Crippen molar-refractivity contribution in [3.05, 3.63) is 12.2 Å². The second kappa shape index (κ2) is 12.5. The molecule has 0 saturated carbocycles. The molecule has 5 heteroatoms. The predicted molar refractivity (Wildman–Crippen MR) is 109 cm³/mol. The maximum absolute atomic E-state index is 12.5. The second-order valence-electron chi connectivity index (χ2n) is 7.25. The number of hydrogen-bond donors (Lipinski definition) is 1. The van der Waals surface area contributed by atoms with Gasteiger partial charge in [0.05, 0.1) is 0 Å². The minimum atomic E-state index is -2.65. The van der Waals surface area contributed by atoms with Gasteiger partial charge < -0.3 is 0 Å².